The smallest absolute Gasteiger partial charge is 0.219 e. The Balaban J connectivity index is 2.22. The molecule has 1 aliphatic heterocycles. The molecule has 2 rings (SSSR count). The maximum Gasteiger partial charge on any atom is 0.219 e. The molecule has 1 fully saturated rings. The number of benzene rings is 1. The number of nitrogens with zero attached hydrogens (tertiary/aromatic N) is 3. The first kappa shape index (κ1) is 13.9. The van der Waals surface area contributed by atoms with E-state index in [2.05, 4.69) is 26.9 Å². The van der Waals surface area contributed by atoms with Crippen molar-refractivity contribution in [3.05, 3.63) is 28.2 Å². The summed E-state index contributed by atoms with van der Waals surface area (Å²) in [6.45, 7) is 4.75. The van der Waals surface area contributed by atoms with Crippen molar-refractivity contribution in [1.29, 1.82) is 5.26 Å². The number of halogens is 1. The predicted molar refractivity (Wildman–Crippen MR) is 77.9 cm³/mol. The SMILES string of the molecule is CC(=O)N1CCCN(c2cccc(Br)c2C#N)CC1. The summed E-state index contributed by atoms with van der Waals surface area (Å²) in [6.07, 6.45) is 0.928. The molecule has 0 N–H and O–H groups in total. The van der Waals surface area contributed by atoms with E-state index >= 15 is 0 Å². The predicted octanol–water partition coefficient (Wildman–Crippen LogP) is 2.38. The minimum atomic E-state index is 0.122. The van der Waals surface area contributed by atoms with Crippen LogP contribution >= 0.6 is 15.9 Å². The Labute approximate surface area is 121 Å². The molecule has 0 aliphatic carbocycles. The average molecular weight is 322 g/mol. The molecule has 1 saturated heterocycles. The zero-order chi connectivity index (χ0) is 13.8. The van der Waals surface area contributed by atoms with Gasteiger partial charge in [0.15, 0.2) is 0 Å². The Hall–Kier alpha value is -1.54. The Kier molecular flexibility index (Phi) is 4.43. The quantitative estimate of drug-likeness (QED) is 0.797. The molecule has 1 heterocycles. The molecule has 4 nitrogen and oxygen atoms in total. The van der Waals surface area contributed by atoms with Crippen molar-refractivity contribution in [3.8, 4) is 6.07 Å². The largest absolute Gasteiger partial charge is 0.369 e. The highest BCUT2D eigenvalue weighted by atomic mass is 79.9. The third-order valence-corrected chi connectivity index (χ3v) is 4.05. The van der Waals surface area contributed by atoms with Crippen molar-refractivity contribution in [2.24, 2.45) is 0 Å². The molecule has 0 radical (unpaired) electrons. The maximum absolute atomic E-state index is 11.4. The van der Waals surface area contributed by atoms with Crippen LogP contribution < -0.4 is 4.90 Å². The van der Waals surface area contributed by atoms with Crippen molar-refractivity contribution in [2.75, 3.05) is 31.1 Å². The van der Waals surface area contributed by atoms with Gasteiger partial charge in [-0.3, -0.25) is 4.79 Å². The summed E-state index contributed by atoms with van der Waals surface area (Å²) in [5, 5.41) is 9.27. The normalized spacial score (nSPS) is 15.8. The van der Waals surface area contributed by atoms with Gasteiger partial charge in [0, 0.05) is 37.6 Å². The highest BCUT2D eigenvalue weighted by Crippen LogP contribution is 2.27. The van der Waals surface area contributed by atoms with E-state index in [0.717, 1.165) is 36.2 Å². The van der Waals surface area contributed by atoms with E-state index in [4.69, 9.17) is 0 Å². The minimum absolute atomic E-state index is 0.122. The van der Waals surface area contributed by atoms with E-state index < -0.39 is 0 Å². The summed E-state index contributed by atoms with van der Waals surface area (Å²) in [4.78, 5) is 15.5. The van der Waals surface area contributed by atoms with E-state index in [0.29, 0.717) is 12.1 Å². The fraction of sp³-hybridized carbons (Fsp3) is 0.429. The summed E-state index contributed by atoms with van der Waals surface area (Å²) in [5.41, 5.74) is 1.61. The Morgan fingerprint density at radius 1 is 1.32 bits per heavy atom. The third-order valence-electron chi connectivity index (χ3n) is 3.39. The van der Waals surface area contributed by atoms with Crippen LogP contribution in [0.1, 0.15) is 18.9 Å². The molecule has 0 spiro atoms. The average Bonchev–Trinajstić information content (AvgIpc) is 2.64. The minimum Gasteiger partial charge on any atom is -0.369 e. The molecular weight excluding hydrogens is 306 g/mol. The highest BCUT2D eigenvalue weighted by Gasteiger charge is 2.19. The topological polar surface area (TPSA) is 47.3 Å². The summed E-state index contributed by atoms with van der Waals surface area (Å²) in [7, 11) is 0. The van der Waals surface area contributed by atoms with Crippen molar-refractivity contribution in [3.63, 3.8) is 0 Å². The van der Waals surface area contributed by atoms with Gasteiger partial charge >= 0.3 is 0 Å². The number of rotatable bonds is 1. The summed E-state index contributed by atoms with van der Waals surface area (Å²) in [5.74, 6) is 0.122. The van der Waals surface area contributed by atoms with Gasteiger partial charge in [-0.2, -0.15) is 5.26 Å². The van der Waals surface area contributed by atoms with Gasteiger partial charge in [-0.15, -0.1) is 0 Å². The van der Waals surface area contributed by atoms with E-state index in [-0.39, 0.29) is 5.91 Å². The standard InChI is InChI=1S/C14H16BrN3O/c1-11(19)17-6-3-7-18(9-8-17)14-5-2-4-13(15)12(14)10-16/h2,4-5H,3,6-9H2,1H3. The molecule has 1 aliphatic rings. The molecule has 0 saturated carbocycles. The zero-order valence-corrected chi connectivity index (χ0v) is 12.5. The summed E-state index contributed by atoms with van der Waals surface area (Å²) >= 11 is 3.41. The maximum atomic E-state index is 11.4. The molecule has 0 bridgehead atoms. The highest BCUT2D eigenvalue weighted by molar-refractivity contribution is 9.10. The van der Waals surface area contributed by atoms with E-state index in [1.54, 1.807) is 6.92 Å². The zero-order valence-electron chi connectivity index (χ0n) is 10.9. The molecule has 0 aromatic heterocycles. The Morgan fingerprint density at radius 3 is 2.79 bits per heavy atom. The lowest BCUT2D eigenvalue weighted by Gasteiger charge is -2.24. The molecule has 1 amide bonds. The second-order valence-electron chi connectivity index (χ2n) is 4.59. The lowest BCUT2D eigenvalue weighted by Crippen LogP contribution is -2.33. The Bertz CT molecular complexity index is 524. The molecule has 0 atom stereocenters. The van der Waals surface area contributed by atoms with Gasteiger partial charge < -0.3 is 9.80 Å². The van der Waals surface area contributed by atoms with Gasteiger partial charge in [0.1, 0.15) is 6.07 Å². The summed E-state index contributed by atoms with van der Waals surface area (Å²) in [6, 6.07) is 8.03. The number of hydrogen-bond acceptors (Lipinski definition) is 3. The van der Waals surface area contributed by atoms with Crippen molar-refractivity contribution >= 4 is 27.5 Å². The van der Waals surface area contributed by atoms with Gasteiger partial charge in [-0.25, -0.2) is 0 Å². The molecular formula is C14H16BrN3O. The number of carbonyl (C=O) groups is 1. The van der Waals surface area contributed by atoms with Crippen LogP contribution in [0.15, 0.2) is 22.7 Å². The van der Waals surface area contributed by atoms with E-state index in [1.165, 1.54) is 0 Å². The van der Waals surface area contributed by atoms with Crippen molar-refractivity contribution in [2.45, 2.75) is 13.3 Å². The monoisotopic (exact) mass is 321 g/mol. The van der Waals surface area contributed by atoms with Gasteiger partial charge in [-0.1, -0.05) is 6.07 Å². The third kappa shape index (κ3) is 3.07. The number of nitriles is 1. The van der Waals surface area contributed by atoms with Crippen LogP contribution in [-0.2, 0) is 4.79 Å². The van der Waals surface area contributed by atoms with Gasteiger partial charge in [0.2, 0.25) is 5.91 Å². The summed E-state index contributed by atoms with van der Waals surface area (Å²) < 4.78 is 0.820. The molecule has 1 aromatic carbocycles. The van der Waals surface area contributed by atoms with Gasteiger partial charge in [0.25, 0.3) is 0 Å². The fourth-order valence-electron chi connectivity index (χ4n) is 2.36. The van der Waals surface area contributed by atoms with Crippen LogP contribution in [-0.4, -0.2) is 37.0 Å². The van der Waals surface area contributed by atoms with Crippen LogP contribution in [0, 0.1) is 11.3 Å². The first-order valence-corrected chi connectivity index (χ1v) is 7.12. The molecule has 5 heteroatoms. The van der Waals surface area contributed by atoms with Gasteiger partial charge in [0.05, 0.1) is 11.3 Å². The van der Waals surface area contributed by atoms with Crippen molar-refractivity contribution < 1.29 is 4.79 Å². The second kappa shape index (κ2) is 6.07. The molecule has 1 aromatic rings. The second-order valence-corrected chi connectivity index (χ2v) is 5.45. The lowest BCUT2D eigenvalue weighted by atomic mass is 10.1. The van der Waals surface area contributed by atoms with Crippen molar-refractivity contribution in [1.82, 2.24) is 4.90 Å². The van der Waals surface area contributed by atoms with Gasteiger partial charge in [-0.05, 0) is 34.5 Å². The fourth-order valence-corrected chi connectivity index (χ4v) is 2.80. The number of carbonyl (C=O) groups excluding carboxylic acids is 1. The number of hydrogen-bond donors (Lipinski definition) is 0. The van der Waals surface area contributed by atoms with Crippen LogP contribution in [0.4, 0.5) is 5.69 Å². The molecule has 100 valence electrons. The van der Waals surface area contributed by atoms with Crippen LogP contribution in [0.5, 0.6) is 0 Å². The molecule has 19 heavy (non-hydrogen) atoms. The number of anilines is 1. The first-order valence-electron chi connectivity index (χ1n) is 6.32. The lowest BCUT2D eigenvalue weighted by molar-refractivity contribution is -0.128. The van der Waals surface area contributed by atoms with E-state index in [1.807, 2.05) is 23.1 Å². The number of amides is 1. The Morgan fingerprint density at radius 2 is 2.11 bits per heavy atom. The molecule has 0 unspecified atom stereocenters. The van der Waals surface area contributed by atoms with E-state index in [9.17, 15) is 10.1 Å². The first-order chi connectivity index (χ1) is 9.13. The van der Waals surface area contributed by atoms with Crippen LogP contribution in [0.25, 0.3) is 0 Å². The van der Waals surface area contributed by atoms with Crippen LogP contribution in [0.2, 0.25) is 0 Å². The van der Waals surface area contributed by atoms with Crippen LogP contribution in [0.3, 0.4) is 0 Å².